The van der Waals surface area contributed by atoms with Crippen LogP contribution < -0.4 is 4.89 Å². The van der Waals surface area contributed by atoms with E-state index in [1.54, 1.807) is 6.92 Å². The van der Waals surface area contributed by atoms with Gasteiger partial charge in [-0.2, -0.15) is 0 Å². The molecule has 3 N–H and O–H groups in total. The van der Waals surface area contributed by atoms with Gasteiger partial charge in [0.25, 0.3) is 0 Å². The molecule has 154 valence electrons. The fraction of sp³-hybridized carbons (Fsp3) is 0.526. The summed E-state index contributed by atoms with van der Waals surface area (Å²) in [6.45, 7) is 7.35. The number of hydrogen-bond acceptors (Lipinski definition) is 4. The molecule has 0 saturated heterocycles. The number of carbonyl (C=O) groups is 1. The van der Waals surface area contributed by atoms with Gasteiger partial charge in [0.1, 0.15) is 0 Å². The molecule has 1 aromatic carbocycles. The Morgan fingerprint density at radius 3 is 2.11 bits per heavy atom. The molecule has 0 atom stereocenters. The Labute approximate surface area is 161 Å². The molecule has 0 aliphatic rings. The maximum absolute atomic E-state index is 11.4. The van der Waals surface area contributed by atoms with Crippen molar-refractivity contribution in [3.05, 3.63) is 42.0 Å². The molecule has 0 bridgehead atoms. The summed E-state index contributed by atoms with van der Waals surface area (Å²) in [6, 6.07) is 7.69. The van der Waals surface area contributed by atoms with Gasteiger partial charge in [0.15, 0.2) is 5.75 Å². The van der Waals surface area contributed by atoms with Crippen molar-refractivity contribution >= 4 is 13.8 Å². The van der Waals surface area contributed by atoms with Crippen LogP contribution in [0, 0.1) is 0 Å². The van der Waals surface area contributed by atoms with E-state index in [2.05, 4.69) is 13.5 Å². The van der Waals surface area contributed by atoms with Gasteiger partial charge in [-0.25, -0.2) is 14.2 Å². The van der Waals surface area contributed by atoms with E-state index < -0.39 is 13.8 Å². The Kier molecular flexibility index (Phi) is 13.5. The third-order valence-corrected chi connectivity index (χ3v) is 3.58. The van der Waals surface area contributed by atoms with Crippen LogP contribution >= 0.6 is 7.82 Å². The van der Waals surface area contributed by atoms with Gasteiger partial charge in [-0.1, -0.05) is 70.2 Å². The van der Waals surface area contributed by atoms with Gasteiger partial charge in [0, 0.05) is 5.57 Å². The topological polar surface area (TPSA) is 113 Å². The first-order chi connectivity index (χ1) is 12.6. The Bertz CT molecular complexity index is 602. The number of rotatable bonds is 11. The predicted octanol–water partition coefficient (Wildman–Crippen LogP) is 4.46. The van der Waals surface area contributed by atoms with Crippen LogP contribution in [0.15, 0.2) is 36.4 Å². The van der Waals surface area contributed by atoms with E-state index in [1.807, 2.05) is 24.3 Å². The molecule has 8 heteroatoms. The van der Waals surface area contributed by atoms with Crippen molar-refractivity contribution in [2.75, 3.05) is 0 Å². The lowest BCUT2D eigenvalue weighted by molar-refractivity contribution is -0.208. The maximum Gasteiger partial charge on any atom is 0.466 e. The zero-order valence-corrected chi connectivity index (χ0v) is 17.0. The van der Waals surface area contributed by atoms with Crippen molar-refractivity contribution in [3.63, 3.8) is 0 Å². The largest absolute Gasteiger partial charge is 0.466 e. The highest BCUT2D eigenvalue weighted by Crippen LogP contribution is 2.25. The first-order valence-electron chi connectivity index (χ1n) is 9.05. The Balaban J connectivity index is 0.00000119. The summed E-state index contributed by atoms with van der Waals surface area (Å²) in [5, 5.41) is 0. The molecule has 1 aromatic rings. The zero-order chi connectivity index (χ0) is 20.7. The summed E-state index contributed by atoms with van der Waals surface area (Å²) >= 11 is 0. The lowest BCUT2D eigenvalue weighted by atomic mass is 10.0. The second-order valence-corrected chi connectivity index (χ2v) is 7.25. The van der Waals surface area contributed by atoms with E-state index >= 15 is 0 Å². The Hall–Kier alpha value is -1.66. The third kappa shape index (κ3) is 16.3. The quantitative estimate of drug-likeness (QED) is 0.165. The highest BCUT2D eigenvalue weighted by Gasteiger charge is 2.09. The molecule has 0 amide bonds. The minimum absolute atomic E-state index is 0.324. The van der Waals surface area contributed by atoms with Gasteiger partial charge < -0.3 is 14.7 Å². The monoisotopic (exact) mass is 402 g/mol. The van der Waals surface area contributed by atoms with Crippen LogP contribution in [-0.2, 0) is 20.7 Å². The van der Waals surface area contributed by atoms with Crippen molar-refractivity contribution < 1.29 is 33.8 Å². The van der Waals surface area contributed by atoms with Crippen molar-refractivity contribution in [2.24, 2.45) is 0 Å². The van der Waals surface area contributed by atoms with Crippen LogP contribution in [0.5, 0.6) is 5.75 Å². The van der Waals surface area contributed by atoms with Gasteiger partial charge in [-0.3, -0.25) is 4.89 Å². The minimum Gasteiger partial charge on any atom is -0.303 e. The number of carbonyl (C=O) groups excluding carboxylic acids is 1. The molecule has 0 unspecified atom stereocenters. The maximum atomic E-state index is 11.4. The lowest BCUT2D eigenvalue weighted by Crippen LogP contribution is -2.09. The van der Waals surface area contributed by atoms with Crippen LogP contribution in [0.1, 0.15) is 64.4 Å². The second-order valence-electron chi connectivity index (χ2n) is 6.23. The predicted molar refractivity (Wildman–Crippen MR) is 104 cm³/mol. The van der Waals surface area contributed by atoms with Crippen LogP contribution in [0.4, 0.5) is 0 Å². The van der Waals surface area contributed by atoms with E-state index in [0.717, 1.165) is 18.4 Å². The normalized spacial score (nSPS) is 10.6. The first-order valence-corrected chi connectivity index (χ1v) is 10.6. The number of benzene rings is 1. The standard InChI is InChI=1S/C19H28O3.H3O4P/c1-4-5-6-7-8-9-10-13-17-14-11-12-15-18(17)21-22-19(20)16(2)3;1-5(2,3)4/h11-12,14-15H,2,4-10,13H2,1,3H3;(H3,1,2,3,4). The summed E-state index contributed by atoms with van der Waals surface area (Å²) in [6.07, 6.45) is 9.86. The summed E-state index contributed by atoms with van der Waals surface area (Å²) in [4.78, 5) is 42.9. The van der Waals surface area contributed by atoms with Gasteiger partial charge in [0.2, 0.25) is 0 Å². The molecule has 0 aliphatic heterocycles. The van der Waals surface area contributed by atoms with Crippen LogP contribution in [0.25, 0.3) is 0 Å². The van der Waals surface area contributed by atoms with Gasteiger partial charge in [-0.15, -0.1) is 0 Å². The van der Waals surface area contributed by atoms with Crippen molar-refractivity contribution in [1.82, 2.24) is 0 Å². The number of phosphoric acid groups is 1. The average molecular weight is 402 g/mol. The highest BCUT2D eigenvalue weighted by atomic mass is 31.2. The van der Waals surface area contributed by atoms with Crippen LogP contribution in [0.3, 0.4) is 0 Å². The fourth-order valence-corrected chi connectivity index (χ4v) is 2.22. The van der Waals surface area contributed by atoms with E-state index in [4.69, 9.17) is 29.0 Å². The first kappa shape index (κ1) is 25.3. The molecular formula is C19H31O7P. The second kappa shape index (κ2) is 14.4. The average Bonchev–Trinajstić information content (AvgIpc) is 2.58. The number of hydrogen-bond donors (Lipinski definition) is 3. The molecule has 0 radical (unpaired) electrons. The SMILES string of the molecule is C=C(C)C(=O)OOc1ccccc1CCCCCCCCC.O=P(O)(O)O. The molecule has 0 spiro atoms. The van der Waals surface area contributed by atoms with E-state index in [9.17, 15) is 4.79 Å². The summed E-state index contributed by atoms with van der Waals surface area (Å²) in [7, 11) is -4.64. The van der Waals surface area contributed by atoms with Gasteiger partial charge in [0.05, 0.1) is 0 Å². The van der Waals surface area contributed by atoms with Crippen LogP contribution in [0.2, 0.25) is 0 Å². The summed E-state index contributed by atoms with van der Waals surface area (Å²) in [5.41, 5.74) is 1.40. The third-order valence-electron chi connectivity index (χ3n) is 3.58. The Morgan fingerprint density at radius 2 is 1.56 bits per heavy atom. The fourth-order valence-electron chi connectivity index (χ4n) is 2.22. The number of unbranched alkanes of at least 4 members (excludes halogenated alkanes) is 6. The van der Waals surface area contributed by atoms with Crippen molar-refractivity contribution in [2.45, 2.75) is 65.2 Å². The summed E-state index contributed by atoms with van der Waals surface area (Å²) in [5.74, 6) is 0.0776. The van der Waals surface area contributed by atoms with Crippen molar-refractivity contribution in [1.29, 1.82) is 0 Å². The summed E-state index contributed by atoms with van der Waals surface area (Å²) < 4.78 is 8.88. The highest BCUT2D eigenvalue weighted by molar-refractivity contribution is 7.45. The lowest BCUT2D eigenvalue weighted by Gasteiger charge is -2.09. The molecule has 0 fully saturated rings. The molecular weight excluding hydrogens is 371 g/mol. The Morgan fingerprint density at radius 1 is 1.04 bits per heavy atom. The number of para-hydroxylation sites is 1. The molecule has 0 heterocycles. The molecule has 0 aliphatic carbocycles. The zero-order valence-electron chi connectivity index (χ0n) is 16.1. The molecule has 0 aromatic heterocycles. The minimum atomic E-state index is -4.64. The number of aryl methyl sites for hydroxylation is 1. The van der Waals surface area contributed by atoms with E-state index in [0.29, 0.717) is 11.3 Å². The van der Waals surface area contributed by atoms with E-state index in [1.165, 1.54) is 38.5 Å². The smallest absolute Gasteiger partial charge is 0.303 e. The van der Waals surface area contributed by atoms with Gasteiger partial charge in [-0.05, 0) is 31.4 Å². The van der Waals surface area contributed by atoms with Crippen molar-refractivity contribution in [3.8, 4) is 5.75 Å². The molecule has 1 rings (SSSR count). The molecule has 7 nitrogen and oxygen atoms in total. The van der Waals surface area contributed by atoms with Crippen LogP contribution in [-0.4, -0.2) is 20.6 Å². The van der Waals surface area contributed by atoms with Gasteiger partial charge >= 0.3 is 13.8 Å². The van der Waals surface area contributed by atoms with E-state index in [-0.39, 0.29) is 0 Å². The molecule has 27 heavy (non-hydrogen) atoms. The molecule has 0 saturated carbocycles.